The molecule has 2 aromatic carbocycles. The maximum atomic E-state index is 12.1. The second-order valence-corrected chi connectivity index (χ2v) is 6.72. The van der Waals surface area contributed by atoms with Gasteiger partial charge in [-0.2, -0.15) is 0 Å². The number of benzene rings is 2. The van der Waals surface area contributed by atoms with Gasteiger partial charge >= 0.3 is 0 Å². The van der Waals surface area contributed by atoms with Crippen LogP contribution < -0.4 is 21.9 Å². The SMILES string of the molecule is CC(C)c1ccc(Nc2ncnc(NNC(=O)Cc3ccccc3)c2N)cc1. The number of nitrogens with two attached hydrogens (primary N) is 1. The second kappa shape index (κ2) is 8.85. The Kier molecular flexibility index (Phi) is 6.06. The molecule has 7 nitrogen and oxygen atoms in total. The van der Waals surface area contributed by atoms with Crippen molar-refractivity contribution >= 4 is 28.9 Å². The zero-order valence-corrected chi connectivity index (χ0v) is 15.9. The van der Waals surface area contributed by atoms with Crippen LogP contribution in [-0.4, -0.2) is 15.9 Å². The predicted octanol–water partition coefficient (Wildman–Crippen LogP) is 3.61. The highest BCUT2D eigenvalue weighted by Crippen LogP contribution is 2.26. The van der Waals surface area contributed by atoms with Gasteiger partial charge in [0.15, 0.2) is 11.6 Å². The summed E-state index contributed by atoms with van der Waals surface area (Å²) in [7, 11) is 0. The normalized spacial score (nSPS) is 10.5. The van der Waals surface area contributed by atoms with Gasteiger partial charge in [-0.25, -0.2) is 9.97 Å². The lowest BCUT2D eigenvalue weighted by atomic mass is 10.0. The maximum absolute atomic E-state index is 12.1. The van der Waals surface area contributed by atoms with E-state index >= 15 is 0 Å². The first-order valence-electron chi connectivity index (χ1n) is 9.09. The molecule has 1 aromatic heterocycles. The first-order chi connectivity index (χ1) is 13.5. The molecule has 1 amide bonds. The van der Waals surface area contributed by atoms with Crippen molar-refractivity contribution in [2.45, 2.75) is 26.2 Å². The Bertz CT molecular complexity index is 925. The molecular weight excluding hydrogens is 352 g/mol. The molecule has 5 N–H and O–H groups in total. The number of hydrazine groups is 1. The predicted molar refractivity (Wildman–Crippen MR) is 112 cm³/mol. The summed E-state index contributed by atoms with van der Waals surface area (Å²) < 4.78 is 0. The molecular formula is C21H24N6O. The molecule has 0 atom stereocenters. The first-order valence-corrected chi connectivity index (χ1v) is 9.09. The fourth-order valence-corrected chi connectivity index (χ4v) is 2.64. The summed E-state index contributed by atoms with van der Waals surface area (Å²) in [4.78, 5) is 20.4. The molecule has 0 saturated carbocycles. The zero-order chi connectivity index (χ0) is 19.9. The summed E-state index contributed by atoms with van der Waals surface area (Å²) in [5.41, 5.74) is 14.9. The number of nitrogens with one attached hydrogen (secondary N) is 3. The van der Waals surface area contributed by atoms with Crippen LogP contribution in [0.25, 0.3) is 0 Å². The number of rotatable bonds is 7. The van der Waals surface area contributed by atoms with Crippen molar-refractivity contribution in [3.05, 3.63) is 72.1 Å². The number of nitrogens with zero attached hydrogens (tertiary/aromatic N) is 2. The second-order valence-electron chi connectivity index (χ2n) is 6.72. The Morgan fingerprint density at radius 3 is 2.36 bits per heavy atom. The summed E-state index contributed by atoms with van der Waals surface area (Å²) in [6.45, 7) is 4.30. The molecule has 0 aliphatic carbocycles. The number of hydrogen-bond acceptors (Lipinski definition) is 6. The first kappa shape index (κ1) is 19.2. The van der Waals surface area contributed by atoms with Crippen molar-refractivity contribution in [3.63, 3.8) is 0 Å². The molecule has 0 aliphatic heterocycles. The quantitative estimate of drug-likeness (QED) is 0.470. The van der Waals surface area contributed by atoms with Gasteiger partial charge in [0.2, 0.25) is 5.91 Å². The summed E-state index contributed by atoms with van der Waals surface area (Å²) in [6, 6.07) is 17.6. The molecule has 1 heterocycles. The molecule has 3 rings (SSSR count). The van der Waals surface area contributed by atoms with E-state index in [0.29, 0.717) is 23.2 Å². The smallest absolute Gasteiger partial charge is 0.242 e. The van der Waals surface area contributed by atoms with Crippen LogP contribution in [0.3, 0.4) is 0 Å². The largest absolute Gasteiger partial charge is 0.393 e. The molecule has 0 bridgehead atoms. The lowest BCUT2D eigenvalue weighted by Gasteiger charge is -2.14. The average molecular weight is 376 g/mol. The van der Waals surface area contributed by atoms with Gasteiger partial charge in [-0.1, -0.05) is 56.3 Å². The Morgan fingerprint density at radius 2 is 1.68 bits per heavy atom. The molecule has 0 spiro atoms. The molecule has 28 heavy (non-hydrogen) atoms. The van der Waals surface area contributed by atoms with E-state index in [9.17, 15) is 4.79 Å². The molecule has 0 aliphatic rings. The van der Waals surface area contributed by atoms with E-state index in [4.69, 9.17) is 5.73 Å². The number of carbonyl (C=O) groups is 1. The molecule has 3 aromatic rings. The van der Waals surface area contributed by atoms with E-state index in [1.165, 1.54) is 11.9 Å². The Labute approximate surface area is 164 Å². The van der Waals surface area contributed by atoms with Gasteiger partial charge in [0.25, 0.3) is 0 Å². The van der Waals surface area contributed by atoms with Crippen molar-refractivity contribution in [1.82, 2.24) is 15.4 Å². The van der Waals surface area contributed by atoms with Gasteiger partial charge in [-0.3, -0.25) is 15.6 Å². The van der Waals surface area contributed by atoms with Gasteiger partial charge in [-0.05, 0) is 29.2 Å². The van der Waals surface area contributed by atoms with Gasteiger partial charge in [0.05, 0.1) is 6.42 Å². The number of hydrogen-bond donors (Lipinski definition) is 4. The van der Waals surface area contributed by atoms with Crippen molar-refractivity contribution in [1.29, 1.82) is 0 Å². The molecule has 144 valence electrons. The minimum absolute atomic E-state index is 0.192. The van der Waals surface area contributed by atoms with Crippen LogP contribution in [0.15, 0.2) is 60.9 Å². The third-order valence-corrected chi connectivity index (χ3v) is 4.25. The van der Waals surface area contributed by atoms with Crippen molar-refractivity contribution in [2.24, 2.45) is 0 Å². The average Bonchev–Trinajstić information content (AvgIpc) is 2.70. The minimum atomic E-state index is -0.192. The van der Waals surface area contributed by atoms with Crippen LogP contribution in [0.1, 0.15) is 30.9 Å². The monoisotopic (exact) mass is 376 g/mol. The van der Waals surface area contributed by atoms with Crippen molar-refractivity contribution < 1.29 is 4.79 Å². The fourth-order valence-electron chi connectivity index (χ4n) is 2.64. The standard InChI is InChI=1S/C21H24N6O/c1-14(2)16-8-10-17(11-9-16)25-20-19(22)21(24-13-23-20)27-26-18(28)12-15-6-4-3-5-7-15/h3-11,13-14H,12,22H2,1-2H3,(H,26,28)(H2,23,24,25,27). The Hall–Kier alpha value is -3.61. The summed E-state index contributed by atoms with van der Waals surface area (Å²) in [6.07, 6.45) is 1.64. The Morgan fingerprint density at radius 1 is 1.00 bits per heavy atom. The van der Waals surface area contributed by atoms with Crippen LogP contribution in [0.2, 0.25) is 0 Å². The van der Waals surface area contributed by atoms with Crippen LogP contribution in [0.5, 0.6) is 0 Å². The highest BCUT2D eigenvalue weighted by molar-refractivity contribution is 5.82. The van der Waals surface area contributed by atoms with Gasteiger partial charge < -0.3 is 11.1 Å². The maximum Gasteiger partial charge on any atom is 0.242 e. The van der Waals surface area contributed by atoms with Gasteiger partial charge in [-0.15, -0.1) is 0 Å². The lowest BCUT2D eigenvalue weighted by Crippen LogP contribution is -2.31. The van der Waals surface area contributed by atoms with Crippen LogP contribution in [-0.2, 0) is 11.2 Å². The third kappa shape index (κ3) is 4.97. The number of amides is 1. The summed E-state index contributed by atoms with van der Waals surface area (Å²) in [5, 5.41) is 3.18. The van der Waals surface area contributed by atoms with E-state index in [0.717, 1.165) is 11.3 Å². The minimum Gasteiger partial charge on any atom is -0.393 e. The van der Waals surface area contributed by atoms with E-state index in [1.807, 2.05) is 42.5 Å². The number of anilines is 4. The van der Waals surface area contributed by atoms with E-state index < -0.39 is 0 Å². The Balaban J connectivity index is 1.63. The van der Waals surface area contributed by atoms with Crippen molar-refractivity contribution in [2.75, 3.05) is 16.5 Å². The fraction of sp³-hybridized carbons (Fsp3) is 0.190. The van der Waals surface area contributed by atoms with Gasteiger partial charge in [0.1, 0.15) is 12.0 Å². The number of nitrogen functional groups attached to an aromatic ring is 1. The topological polar surface area (TPSA) is 105 Å². The van der Waals surface area contributed by atoms with E-state index in [2.05, 4.69) is 52.1 Å². The van der Waals surface area contributed by atoms with Crippen LogP contribution in [0, 0.1) is 0 Å². The molecule has 0 fully saturated rings. The lowest BCUT2D eigenvalue weighted by molar-refractivity contribution is -0.119. The zero-order valence-electron chi connectivity index (χ0n) is 15.9. The molecule has 0 saturated heterocycles. The summed E-state index contributed by atoms with van der Waals surface area (Å²) >= 11 is 0. The third-order valence-electron chi connectivity index (χ3n) is 4.25. The van der Waals surface area contributed by atoms with E-state index in [-0.39, 0.29) is 12.3 Å². The molecule has 0 radical (unpaired) electrons. The van der Waals surface area contributed by atoms with Crippen molar-refractivity contribution in [3.8, 4) is 0 Å². The molecule has 7 heteroatoms. The highest BCUT2D eigenvalue weighted by atomic mass is 16.2. The van der Waals surface area contributed by atoms with Crippen LogP contribution >= 0.6 is 0 Å². The van der Waals surface area contributed by atoms with Gasteiger partial charge in [0, 0.05) is 5.69 Å². The highest BCUT2D eigenvalue weighted by Gasteiger charge is 2.10. The molecule has 0 unspecified atom stereocenters. The number of carbonyl (C=O) groups excluding carboxylic acids is 1. The summed E-state index contributed by atoms with van der Waals surface area (Å²) in [5.74, 6) is 1.07. The van der Waals surface area contributed by atoms with E-state index in [1.54, 1.807) is 0 Å². The van der Waals surface area contributed by atoms with Crippen LogP contribution in [0.4, 0.5) is 23.0 Å². The number of aromatic nitrogens is 2.